The summed E-state index contributed by atoms with van der Waals surface area (Å²) in [5.74, 6) is 0. The van der Waals surface area contributed by atoms with E-state index in [1.54, 1.807) is 0 Å². The molecule has 0 atom stereocenters. The molecule has 1 nitrogen and oxygen atoms in total. The predicted molar refractivity (Wildman–Crippen MR) is 52.7 cm³/mol. The van der Waals surface area contributed by atoms with Crippen molar-refractivity contribution in [3.05, 3.63) is 35.0 Å². The second kappa shape index (κ2) is 2.83. The van der Waals surface area contributed by atoms with Gasteiger partial charge < -0.3 is 4.98 Å². The Balaban J connectivity index is 2.83. The number of aryl methyl sites for hydroxylation is 1. The van der Waals surface area contributed by atoms with E-state index >= 15 is 0 Å². The maximum Gasteiger partial charge on any atom is 0.0457 e. The molecule has 0 fully saturated rings. The van der Waals surface area contributed by atoms with Crippen LogP contribution in [-0.2, 0) is 6.42 Å². The van der Waals surface area contributed by atoms with E-state index in [1.165, 1.54) is 10.9 Å². The van der Waals surface area contributed by atoms with Crippen LogP contribution in [0.25, 0.3) is 10.9 Å². The van der Waals surface area contributed by atoms with Crippen molar-refractivity contribution in [3.63, 3.8) is 0 Å². The second-order valence-corrected chi connectivity index (χ2v) is 3.23. The number of aromatic amines is 1. The Bertz CT molecular complexity index is 403. The zero-order valence-electron chi connectivity index (χ0n) is 6.89. The van der Waals surface area contributed by atoms with E-state index in [4.69, 9.17) is 11.6 Å². The first-order valence-corrected chi connectivity index (χ1v) is 4.45. The Kier molecular flexibility index (Phi) is 1.81. The fourth-order valence-corrected chi connectivity index (χ4v) is 1.83. The lowest BCUT2D eigenvalue weighted by molar-refractivity contribution is 1.16. The van der Waals surface area contributed by atoms with Gasteiger partial charge in [-0.25, -0.2) is 0 Å². The minimum absolute atomic E-state index is 0.865. The summed E-state index contributed by atoms with van der Waals surface area (Å²) in [6, 6.07) is 6.02. The van der Waals surface area contributed by atoms with Crippen LogP contribution in [0.2, 0.25) is 5.02 Å². The van der Waals surface area contributed by atoms with Gasteiger partial charge in [-0.05, 0) is 30.2 Å². The van der Waals surface area contributed by atoms with E-state index in [1.807, 2.05) is 18.3 Å². The highest BCUT2D eigenvalue weighted by Gasteiger charge is 2.03. The van der Waals surface area contributed by atoms with Crippen molar-refractivity contribution in [2.75, 3.05) is 0 Å². The maximum absolute atomic E-state index is 6.05. The monoisotopic (exact) mass is 179 g/mol. The summed E-state index contributed by atoms with van der Waals surface area (Å²) in [6.45, 7) is 2.12. The summed E-state index contributed by atoms with van der Waals surface area (Å²) in [5.41, 5.74) is 2.40. The van der Waals surface area contributed by atoms with Crippen LogP contribution >= 0.6 is 11.6 Å². The van der Waals surface area contributed by atoms with Crippen LogP contribution in [0.4, 0.5) is 0 Å². The van der Waals surface area contributed by atoms with E-state index in [0.29, 0.717) is 0 Å². The van der Waals surface area contributed by atoms with Crippen molar-refractivity contribution < 1.29 is 0 Å². The van der Waals surface area contributed by atoms with Crippen molar-refractivity contribution in [1.82, 2.24) is 4.98 Å². The molecule has 62 valence electrons. The standard InChI is InChI=1S/C10H10ClN/c1-2-7-8-5-6-12-10(8)4-3-9(7)11/h3-6,12H,2H2,1H3. The number of nitrogens with one attached hydrogen (secondary N) is 1. The third-order valence-electron chi connectivity index (χ3n) is 2.14. The molecule has 2 aromatic rings. The molecular weight excluding hydrogens is 170 g/mol. The van der Waals surface area contributed by atoms with Crippen LogP contribution in [0, 0.1) is 0 Å². The molecule has 12 heavy (non-hydrogen) atoms. The quantitative estimate of drug-likeness (QED) is 0.691. The summed E-state index contributed by atoms with van der Waals surface area (Å²) >= 11 is 6.05. The third-order valence-corrected chi connectivity index (χ3v) is 2.50. The Morgan fingerprint density at radius 2 is 2.17 bits per heavy atom. The summed E-state index contributed by atoms with van der Waals surface area (Å²) in [7, 11) is 0. The molecule has 0 aliphatic heterocycles. The molecule has 1 N–H and O–H groups in total. The average molecular weight is 180 g/mol. The van der Waals surface area contributed by atoms with Crippen LogP contribution in [0.1, 0.15) is 12.5 Å². The molecule has 0 aliphatic carbocycles. The summed E-state index contributed by atoms with van der Waals surface area (Å²) in [5, 5.41) is 2.11. The molecule has 0 spiro atoms. The molecule has 2 rings (SSSR count). The fraction of sp³-hybridized carbons (Fsp3) is 0.200. The van der Waals surface area contributed by atoms with Crippen LogP contribution < -0.4 is 0 Å². The maximum atomic E-state index is 6.05. The molecule has 0 amide bonds. The number of H-pyrrole nitrogens is 1. The lowest BCUT2D eigenvalue weighted by Gasteiger charge is -2.01. The molecule has 0 saturated carbocycles. The first kappa shape index (κ1) is 7.69. The SMILES string of the molecule is CCc1c(Cl)ccc2[nH]ccc12. The molecule has 0 bridgehead atoms. The topological polar surface area (TPSA) is 15.8 Å². The van der Waals surface area contributed by atoms with Gasteiger partial charge in [0, 0.05) is 22.1 Å². The van der Waals surface area contributed by atoms with Gasteiger partial charge >= 0.3 is 0 Å². The largest absolute Gasteiger partial charge is 0.361 e. The van der Waals surface area contributed by atoms with E-state index in [0.717, 1.165) is 17.0 Å². The van der Waals surface area contributed by atoms with Crippen molar-refractivity contribution in [2.24, 2.45) is 0 Å². The van der Waals surface area contributed by atoms with Gasteiger partial charge in [0.25, 0.3) is 0 Å². The average Bonchev–Trinajstić information content (AvgIpc) is 2.52. The van der Waals surface area contributed by atoms with Gasteiger partial charge in [0.05, 0.1) is 0 Å². The van der Waals surface area contributed by atoms with Crippen molar-refractivity contribution >= 4 is 22.5 Å². The van der Waals surface area contributed by atoms with Crippen LogP contribution in [-0.4, -0.2) is 4.98 Å². The van der Waals surface area contributed by atoms with E-state index in [-0.39, 0.29) is 0 Å². The molecule has 0 radical (unpaired) electrons. The van der Waals surface area contributed by atoms with Gasteiger partial charge in [0.15, 0.2) is 0 Å². The van der Waals surface area contributed by atoms with Crippen LogP contribution in [0.5, 0.6) is 0 Å². The molecule has 0 aliphatic rings. The highest BCUT2D eigenvalue weighted by molar-refractivity contribution is 6.32. The summed E-state index contributed by atoms with van der Waals surface area (Å²) in [6.07, 6.45) is 2.92. The summed E-state index contributed by atoms with van der Waals surface area (Å²) < 4.78 is 0. The van der Waals surface area contributed by atoms with Gasteiger partial charge in [-0.3, -0.25) is 0 Å². The van der Waals surface area contributed by atoms with Gasteiger partial charge in [0.2, 0.25) is 0 Å². The fourth-order valence-electron chi connectivity index (χ4n) is 1.53. The highest BCUT2D eigenvalue weighted by Crippen LogP contribution is 2.25. The second-order valence-electron chi connectivity index (χ2n) is 2.82. The van der Waals surface area contributed by atoms with E-state index in [9.17, 15) is 0 Å². The minimum atomic E-state index is 0.865. The van der Waals surface area contributed by atoms with Crippen molar-refractivity contribution in [2.45, 2.75) is 13.3 Å². The summed E-state index contributed by atoms with van der Waals surface area (Å²) in [4.78, 5) is 3.16. The van der Waals surface area contributed by atoms with Crippen LogP contribution in [0.15, 0.2) is 24.4 Å². The zero-order valence-corrected chi connectivity index (χ0v) is 7.65. The van der Waals surface area contributed by atoms with Crippen molar-refractivity contribution in [3.8, 4) is 0 Å². The molecular formula is C10H10ClN. The Morgan fingerprint density at radius 3 is 2.92 bits per heavy atom. The number of halogens is 1. The normalized spacial score (nSPS) is 10.8. The lowest BCUT2D eigenvalue weighted by Crippen LogP contribution is -1.82. The number of hydrogen-bond acceptors (Lipinski definition) is 0. The molecule has 1 aromatic heterocycles. The molecule has 0 unspecified atom stereocenters. The first-order valence-electron chi connectivity index (χ1n) is 4.07. The van der Waals surface area contributed by atoms with Crippen molar-refractivity contribution in [1.29, 1.82) is 0 Å². The number of rotatable bonds is 1. The molecule has 1 aromatic carbocycles. The van der Waals surface area contributed by atoms with Crippen LogP contribution in [0.3, 0.4) is 0 Å². The van der Waals surface area contributed by atoms with Gasteiger partial charge in [-0.2, -0.15) is 0 Å². The molecule has 1 heterocycles. The van der Waals surface area contributed by atoms with Gasteiger partial charge in [0.1, 0.15) is 0 Å². The smallest absolute Gasteiger partial charge is 0.0457 e. The Morgan fingerprint density at radius 1 is 1.33 bits per heavy atom. The third kappa shape index (κ3) is 1.01. The van der Waals surface area contributed by atoms with E-state index < -0.39 is 0 Å². The zero-order chi connectivity index (χ0) is 8.55. The Hall–Kier alpha value is -0.950. The lowest BCUT2D eigenvalue weighted by atomic mass is 10.1. The number of aromatic nitrogens is 1. The number of hydrogen-bond donors (Lipinski definition) is 1. The van der Waals surface area contributed by atoms with Gasteiger partial charge in [-0.1, -0.05) is 18.5 Å². The number of benzene rings is 1. The Labute approximate surface area is 76.4 Å². The van der Waals surface area contributed by atoms with E-state index in [2.05, 4.69) is 18.0 Å². The predicted octanol–water partition coefficient (Wildman–Crippen LogP) is 3.38. The number of fused-ring (bicyclic) bond motifs is 1. The first-order chi connectivity index (χ1) is 5.83. The highest BCUT2D eigenvalue weighted by atomic mass is 35.5. The molecule has 0 saturated heterocycles. The van der Waals surface area contributed by atoms with Gasteiger partial charge in [-0.15, -0.1) is 0 Å². The minimum Gasteiger partial charge on any atom is -0.361 e. The molecule has 2 heteroatoms.